The highest BCUT2D eigenvalue weighted by Crippen LogP contribution is 2.13. The van der Waals surface area contributed by atoms with E-state index in [1.807, 2.05) is 0 Å². The molecule has 37 heavy (non-hydrogen) atoms. The number of imidazole rings is 1. The summed E-state index contributed by atoms with van der Waals surface area (Å²) in [6.45, 7) is 6.91. The third-order valence-electron chi connectivity index (χ3n) is 5.82. The fourth-order valence-corrected chi connectivity index (χ4v) is 3.63. The number of nitrogens with one attached hydrogen (secondary N) is 4. The number of nitrogens with two attached hydrogens (primary N) is 1. The van der Waals surface area contributed by atoms with Crippen LogP contribution in [0.15, 0.2) is 36.8 Å². The molecule has 2 rings (SSSR count). The van der Waals surface area contributed by atoms with Crippen molar-refractivity contribution in [2.75, 3.05) is 0 Å². The molecule has 8 N–H and O–H groups in total. The third-order valence-corrected chi connectivity index (χ3v) is 5.82. The van der Waals surface area contributed by atoms with Gasteiger partial charge in [-0.25, -0.2) is 9.78 Å². The number of nitrogens with zero attached hydrogens (tertiary/aromatic N) is 1. The van der Waals surface area contributed by atoms with Crippen LogP contribution in [0.25, 0.3) is 0 Å². The number of amides is 3. The quantitative estimate of drug-likeness (QED) is 0.194. The van der Waals surface area contributed by atoms with Crippen molar-refractivity contribution in [1.29, 1.82) is 0 Å². The number of benzene rings is 1. The van der Waals surface area contributed by atoms with Crippen molar-refractivity contribution in [3.05, 3.63) is 48.0 Å². The molecular weight excluding hydrogens is 480 g/mol. The molecule has 1 aromatic carbocycles. The number of aromatic hydroxyl groups is 1. The van der Waals surface area contributed by atoms with E-state index < -0.39 is 47.9 Å². The van der Waals surface area contributed by atoms with E-state index in [2.05, 4.69) is 25.9 Å². The summed E-state index contributed by atoms with van der Waals surface area (Å²) < 4.78 is 0. The van der Waals surface area contributed by atoms with Crippen LogP contribution in [0.3, 0.4) is 0 Å². The number of hydrogen-bond acceptors (Lipinski definition) is 7. The Kier molecular flexibility index (Phi) is 10.6. The highest BCUT2D eigenvalue weighted by molar-refractivity contribution is 5.94. The molecule has 12 heteroatoms. The average molecular weight is 517 g/mol. The first-order valence-corrected chi connectivity index (χ1v) is 12.0. The molecule has 2 aromatic rings. The van der Waals surface area contributed by atoms with Gasteiger partial charge in [-0.2, -0.15) is 0 Å². The molecule has 0 aliphatic heterocycles. The number of aromatic nitrogens is 2. The van der Waals surface area contributed by atoms with E-state index in [0.29, 0.717) is 11.3 Å². The van der Waals surface area contributed by atoms with E-state index in [-0.39, 0.29) is 30.4 Å². The molecule has 0 spiro atoms. The Balaban J connectivity index is 2.07. The lowest BCUT2D eigenvalue weighted by atomic mass is 9.98. The summed E-state index contributed by atoms with van der Waals surface area (Å²) in [4.78, 5) is 57.3. The highest BCUT2D eigenvalue weighted by atomic mass is 16.4. The molecule has 12 nitrogen and oxygen atoms in total. The molecule has 0 saturated carbocycles. The second-order valence-electron chi connectivity index (χ2n) is 9.62. The molecule has 0 radical (unpaired) electrons. The zero-order valence-electron chi connectivity index (χ0n) is 21.4. The normalized spacial score (nSPS) is 14.5. The number of phenolic OH excluding ortho intramolecular Hbond substituents is 1. The molecule has 1 heterocycles. The van der Waals surface area contributed by atoms with Gasteiger partial charge < -0.3 is 36.9 Å². The van der Waals surface area contributed by atoms with Gasteiger partial charge in [0.05, 0.1) is 12.4 Å². The number of carboxylic acids is 1. The lowest BCUT2D eigenvalue weighted by molar-refractivity contribution is -0.142. The molecule has 3 amide bonds. The standard InChI is InChI=1S/C25H36N6O6/c1-13(2)20(23(34)29-19(25(36)37)9-15-5-7-17(32)8-6-15)31-24(35)21(14(3)4)30-22(33)18(26)10-16-11-27-12-28-16/h5-8,11-14,18-21,32H,9-10,26H2,1-4H3,(H,27,28)(H,29,34)(H,30,33)(H,31,35)(H,36,37). The monoisotopic (exact) mass is 516 g/mol. The fourth-order valence-electron chi connectivity index (χ4n) is 3.63. The van der Waals surface area contributed by atoms with Crippen molar-refractivity contribution in [3.63, 3.8) is 0 Å². The maximum absolute atomic E-state index is 13.1. The predicted octanol–water partition coefficient (Wildman–Crippen LogP) is 0.0788. The summed E-state index contributed by atoms with van der Waals surface area (Å²) in [7, 11) is 0. The van der Waals surface area contributed by atoms with E-state index in [9.17, 15) is 29.4 Å². The van der Waals surface area contributed by atoms with Crippen molar-refractivity contribution in [2.24, 2.45) is 17.6 Å². The first-order chi connectivity index (χ1) is 17.4. The van der Waals surface area contributed by atoms with E-state index in [1.165, 1.54) is 18.5 Å². The van der Waals surface area contributed by atoms with Gasteiger partial charge in [0.2, 0.25) is 17.7 Å². The van der Waals surface area contributed by atoms with Crippen LogP contribution in [-0.4, -0.2) is 68.0 Å². The minimum absolute atomic E-state index is 0.0149. The Morgan fingerprint density at radius 3 is 1.92 bits per heavy atom. The second-order valence-corrected chi connectivity index (χ2v) is 9.62. The van der Waals surface area contributed by atoms with Crippen LogP contribution >= 0.6 is 0 Å². The van der Waals surface area contributed by atoms with Crippen molar-refractivity contribution < 1.29 is 29.4 Å². The number of carbonyl (C=O) groups is 4. The van der Waals surface area contributed by atoms with Crippen molar-refractivity contribution in [3.8, 4) is 5.75 Å². The van der Waals surface area contributed by atoms with Gasteiger partial charge in [-0.1, -0.05) is 39.8 Å². The number of carboxylic acid groups (broad SMARTS) is 1. The number of phenols is 1. The zero-order valence-corrected chi connectivity index (χ0v) is 21.4. The summed E-state index contributed by atoms with van der Waals surface area (Å²) >= 11 is 0. The Hall–Kier alpha value is -3.93. The highest BCUT2D eigenvalue weighted by Gasteiger charge is 2.33. The van der Waals surface area contributed by atoms with Gasteiger partial charge >= 0.3 is 5.97 Å². The lowest BCUT2D eigenvalue weighted by Crippen LogP contribution is -2.59. The molecule has 4 atom stereocenters. The van der Waals surface area contributed by atoms with Crippen molar-refractivity contribution in [1.82, 2.24) is 25.9 Å². The van der Waals surface area contributed by atoms with Gasteiger partial charge in [0, 0.05) is 24.7 Å². The van der Waals surface area contributed by atoms with Crippen LogP contribution in [0.4, 0.5) is 0 Å². The summed E-state index contributed by atoms with van der Waals surface area (Å²) in [5.41, 5.74) is 7.26. The lowest BCUT2D eigenvalue weighted by Gasteiger charge is -2.28. The minimum Gasteiger partial charge on any atom is -0.508 e. The summed E-state index contributed by atoms with van der Waals surface area (Å²) in [6.07, 6.45) is 3.21. The first kappa shape index (κ1) is 29.3. The summed E-state index contributed by atoms with van der Waals surface area (Å²) in [5.74, 6) is -3.69. The van der Waals surface area contributed by atoms with E-state index in [1.54, 1.807) is 46.0 Å². The van der Waals surface area contributed by atoms with Crippen LogP contribution in [0, 0.1) is 11.8 Å². The van der Waals surface area contributed by atoms with Gasteiger partial charge in [0.15, 0.2) is 0 Å². The topological polar surface area (TPSA) is 200 Å². The first-order valence-electron chi connectivity index (χ1n) is 12.0. The second kappa shape index (κ2) is 13.4. The molecule has 0 bridgehead atoms. The van der Waals surface area contributed by atoms with Crippen molar-refractivity contribution >= 4 is 23.7 Å². The van der Waals surface area contributed by atoms with Gasteiger partial charge in [0.25, 0.3) is 0 Å². The van der Waals surface area contributed by atoms with Crippen molar-refractivity contribution in [2.45, 2.75) is 64.7 Å². The molecular formula is C25H36N6O6. The number of hydrogen-bond donors (Lipinski definition) is 7. The van der Waals surface area contributed by atoms with E-state index in [4.69, 9.17) is 5.73 Å². The zero-order chi connectivity index (χ0) is 27.7. The Labute approximate surface area is 215 Å². The number of H-pyrrole nitrogens is 1. The average Bonchev–Trinajstić information content (AvgIpc) is 3.33. The number of rotatable bonds is 13. The maximum Gasteiger partial charge on any atom is 0.326 e. The largest absolute Gasteiger partial charge is 0.508 e. The Morgan fingerprint density at radius 1 is 0.892 bits per heavy atom. The summed E-state index contributed by atoms with van der Waals surface area (Å²) in [5, 5.41) is 26.8. The molecule has 4 unspecified atom stereocenters. The smallest absolute Gasteiger partial charge is 0.326 e. The van der Waals surface area contributed by atoms with Crippen LogP contribution in [-0.2, 0) is 32.0 Å². The van der Waals surface area contributed by atoms with Gasteiger partial charge in [-0.05, 0) is 29.5 Å². The van der Waals surface area contributed by atoms with Crippen LogP contribution in [0.2, 0.25) is 0 Å². The molecule has 202 valence electrons. The Morgan fingerprint density at radius 2 is 1.43 bits per heavy atom. The predicted molar refractivity (Wildman–Crippen MR) is 135 cm³/mol. The molecule has 0 saturated heterocycles. The number of aliphatic carboxylic acids is 1. The van der Waals surface area contributed by atoms with Gasteiger partial charge in [0.1, 0.15) is 23.9 Å². The van der Waals surface area contributed by atoms with E-state index in [0.717, 1.165) is 0 Å². The Bertz CT molecular complexity index is 1050. The minimum atomic E-state index is -1.25. The summed E-state index contributed by atoms with van der Waals surface area (Å²) in [6, 6.07) is 1.78. The molecule has 0 fully saturated rings. The SMILES string of the molecule is CC(C)C(NC(=O)C(N)Cc1cnc[nH]1)C(=O)NC(C(=O)NC(Cc1ccc(O)cc1)C(=O)O)C(C)C. The number of aromatic amines is 1. The van der Waals surface area contributed by atoms with E-state index >= 15 is 0 Å². The van der Waals surface area contributed by atoms with Crippen LogP contribution in [0.5, 0.6) is 5.75 Å². The number of carbonyl (C=O) groups excluding carboxylic acids is 3. The molecule has 0 aliphatic rings. The molecule has 1 aromatic heterocycles. The third kappa shape index (κ3) is 8.90. The molecule has 0 aliphatic carbocycles. The maximum atomic E-state index is 13.1. The van der Waals surface area contributed by atoms with Gasteiger partial charge in [-0.15, -0.1) is 0 Å². The van der Waals surface area contributed by atoms with Crippen LogP contribution in [0.1, 0.15) is 39.0 Å². The van der Waals surface area contributed by atoms with Gasteiger partial charge in [-0.3, -0.25) is 14.4 Å². The van der Waals surface area contributed by atoms with Crippen LogP contribution < -0.4 is 21.7 Å². The fraction of sp³-hybridized carbons (Fsp3) is 0.480.